The first-order chi connectivity index (χ1) is 10.1. The van der Waals surface area contributed by atoms with Crippen LogP contribution in [0.1, 0.15) is 19.8 Å². The van der Waals surface area contributed by atoms with E-state index in [0.29, 0.717) is 11.5 Å². The molecule has 0 aliphatic rings. The van der Waals surface area contributed by atoms with Crippen LogP contribution in [0, 0.1) is 0 Å². The molecule has 0 saturated heterocycles. The predicted molar refractivity (Wildman–Crippen MR) is 85.8 cm³/mol. The first-order valence-electron chi connectivity index (χ1n) is 6.91. The Hall–Kier alpha value is -1.75. The molecule has 0 radical (unpaired) electrons. The van der Waals surface area contributed by atoms with E-state index >= 15 is 0 Å². The number of nitrogens with zero attached hydrogens (tertiary/aromatic N) is 3. The summed E-state index contributed by atoms with van der Waals surface area (Å²) >= 11 is 6.05. The van der Waals surface area contributed by atoms with Crippen molar-refractivity contribution >= 4 is 28.3 Å². The van der Waals surface area contributed by atoms with Crippen molar-refractivity contribution in [2.75, 3.05) is 32.7 Å². The smallest absolute Gasteiger partial charge is 0.224 e. The first kappa shape index (κ1) is 15.6. The predicted octanol–water partition coefficient (Wildman–Crippen LogP) is 3.54. The molecule has 6 heteroatoms. The van der Waals surface area contributed by atoms with Crippen LogP contribution in [0.4, 0.5) is 5.82 Å². The zero-order chi connectivity index (χ0) is 15.4. The highest BCUT2D eigenvalue weighted by Crippen LogP contribution is 2.35. The Morgan fingerprint density at radius 3 is 2.43 bits per heavy atom. The fourth-order valence-electron chi connectivity index (χ4n) is 2.20. The van der Waals surface area contributed by atoms with E-state index in [9.17, 15) is 0 Å². The lowest BCUT2D eigenvalue weighted by Gasteiger charge is -2.20. The van der Waals surface area contributed by atoms with E-state index in [-0.39, 0.29) is 5.28 Å². The summed E-state index contributed by atoms with van der Waals surface area (Å²) in [5.74, 6) is 2.09. The Morgan fingerprint density at radius 2 is 1.81 bits per heavy atom. The number of fused-ring (bicyclic) bond motifs is 1. The number of aromatic nitrogens is 2. The molecule has 0 atom stereocenters. The van der Waals surface area contributed by atoms with Crippen LogP contribution in [0.2, 0.25) is 5.28 Å². The van der Waals surface area contributed by atoms with E-state index in [0.717, 1.165) is 36.1 Å². The van der Waals surface area contributed by atoms with Gasteiger partial charge in [-0.1, -0.05) is 13.3 Å². The molecule has 0 bridgehead atoms. The van der Waals surface area contributed by atoms with E-state index in [1.54, 1.807) is 14.2 Å². The van der Waals surface area contributed by atoms with Crippen molar-refractivity contribution in [3.63, 3.8) is 0 Å². The van der Waals surface area contributed by atoms with Crippen molar-refractivity contribution in [2.45, 2.75) is 19.8 Å². The number of methoxy groups -OCH3 is 2. The SMILES string of the molecule is CCCCN(C)c1nc(Cl)nc2cc(OC)c(OC)cc12. The largest absolute Gasteiger partial charge is 0.493 e. The fourth-order valence-corrected chi connectivity index (χ4v) is 2.38. The molecule has 5 nitrogen and oxygen atoms in total. The fraction of sp³-hybridized carbons (Fsp3) is 0.467. The third-order valence-corrected chi connectivity index (χ3v) is 3.53. The molecular formula is C15H20ClN3O2. The number of rotatable bonds is 6. The number of benzene rings is 1. The number of hydrogen-bond acceptors (Lipinski definition) is 5. The van der Waals surface area contributed by atoms with Crippen molar-refractivity contribution in [1.29, 1.82) is 0 Å². The van der Waals surface area contributed by atoms with E-state index in [1.165, 1.54) is 0 Å². The van der Waals surface area contributed by atoms with Crippen molar-refractivity contribution < 1.29 is 9.47 Å². The van der Waals surface area contributed by atoms with Crippen molar-refractivity contribution in [1.82, 2.24) is 9.97 Å². The average molecular weight is 310 g/mol. The van der Waals surface area contributed by atoms with Crippen LogP contribution in [0.3, 0.4) is 0 Å². The highest BCUT2D eigenvalue weighted by molar-refractivity contribution is 6.28. The molecular weight excluding hydrogens is 290 g/mol. The molecule has 0 N–H and O–H groups in total. The lowest BCUT2D eigenvalue weighted by Crippen LogP contribution is -2.20. The third kappa shape index (κ3) is 3.29. The van der Waals surface area contributed by atoms with Crippen LogP contribution in [0.15, 0.2) is 12.1 Å². The van der Waals surface area contributed by atoms with E-state index in [2.05, 4.69) is 21.8 Å². The standard InChI is InChI=1S/C15H20ClN3O2/c1-5-6-7-19(2)14-10-8-12(20-3)13(21-4)9-11(10)17-15(16)18-14/h8-9H,5-7H2,1-4H3. The molecule has 0 amide bonds. The second-order valence-corrected chi connectivity index (χ2v) is 5.15. The monoisotopic (exact) mass is 309 g/mol. The Labute approximate surface area is 129 Å². The number of hydrogen-bond donors (Lipinski definition) is 0. The molecule has 0 unspecified atom stereocenters. The zero-order valence-electron chi connectivity index (χ0n) is 12.8. The van der Waals surface area contributed by atoms with E-state index in [1.807, 2.05) is 19.2 Å². The number of halogens is 1. The summed E-state index contributed by atoms with van der Waals surface area (Å²) in [6, 6.07) is 3.71. The minimum Gasteiger partial charge on any atom is -0.493 e. The van der Waals surface area contributed by atoms with Gasteiger partial charge in [-0.2, -0.15) is 4.98 Å². The van der Waals surface area contributed by atoms with Crippen LogP contribution < -0.4 is 14.4 Å². The topological polar surface area (TPSA) is 47.5 Å². The summed E-state index contributed by atoms with van der Waals surface area (Å²) in [6.07, 6.45) is 2.21. The van der Waals surface area contributed by atoms with Gasteiger partial charge in [-0.25, -0.2) is 4.98 Å². The highest BCUT2D eigenvalue weighted by atomic mass is 35.5. The van der Waals surface area contributed by atoms with Crippen molar-refractivity contribution in [3.05, 3.63) is 17.4 Å². The first-order valence-corrected chi connectivity index (χ1v) is 7.28. The lowest BCUT2D eigenvalue weighted by atomic mass is 10.2. The van der Waals surface area contributed by atoms with Crippen molar-refractivity contribution in [2.24, 2.45) is 0 Å². The van der Waals surface area contributed by atoms with Crippen LogP contribution in [-0.4, -0.2) is 37.8 Å². The van der Waals surface area contributed by atoms with Crippen molar-refractivity contribution in [3.8, 4) is 11.5 Å². The van der Waals surface area contributed by atoms with Crippen LogP contribution in [-0.2, 0) is 0 Å². The molecule has 0 saturated carbocycles. The maximum atomic E-state index is 6.05. The van der Waals surface area contributed by atoms with Gasteiger partial charge in [0, 0.05) is 25.0 Å². The molecule has 2 aromatic rings. The second kappa shape index (κ2) is 6.80. The summed E-state index contributed by atoms with van der Waals surface area (Å²) in [4.78, 5) is 10.7. The molecule has 0 aliphatic carbocycles. The molecule has 1 aromatic carbocycles. The number of unbranched alkanes of at least 4 members (excludes halogenated alkanes) is 1. The minimum absolute atomic E-state index is 0.230. The molecule has 1 heterocycles. The second-order valence-electron chi connectivity index (χ2n) is 4.82. The zero-order valence-corrected chi connectivity index (χ0v) is 13.6. The molecule has 0 spiro atoms. The van der Waals surface area contributed by atoms with Gasteiger partial charge < -0.3 is 14.4 Å². The quantitative estimate of drug-likeness (QED) is 0.764. The molecule has 2 rings (SSSR count). The van der Waals surface area contributed by atoms with Gasteiger partial charge in [0.25, 0.3) is 0 Å². The van der Waals surface area contributed by atoms with Gasteiger partial charge in [-0.05, 0) is 24.1 Å². The normalized spacial score (nSPS) is 10.7. The molecule has 0 aliphatic heterocycles. The Bertz CT molecular complexity index is 634. The maximum absolute atomic E-state index is 6.05. The van der Waals surface area contributed by atoms with E-state index < -0.39 is 0 Å². The van der Waals surface area contributed by atoms with Gasteiger partial charge >= 0.3 is 0 Å². The van der Waals surface area contributed by atoms with E-state index in [4.69, 9.17) is 21.1 Å². The summed E-state index contributed by atoms with van der Waals surface area (Å²) < 4.78 is 10.7. The van der Waals surface area contributed by atoms with Crippen LogP contribution in [0.25, 0.3) is 10.9 Å². The average Bonchev–Trinajstić information content (AvgIpc) is 2.50. The third-order valence-electron chi connectivity index (χ3n) is 3.36. The lowest BCUT2D eigenvalue weighted by molar-refractivity contribution is 0.356. The van der Waals surface area contributed by atoms with Crippen LogP contribution >= 0.6 is 11.6 Å². The maximum Gasteiger partial charge on any atom is 0.224 e. The molecule has 1 aromatic heterocycles. The minimum atomic E-state index is 0.230. The van der Waals surface area contributed by atoms with Gasteiger partial charge in [-0.15, -0.1) is 0 Å². The summed E-state index contributed by atoms with van der Waals surface area (Å²) in [6.45, 7) is 3.07. The Balaban J connectivity index is 2.58. The Morgan fingerprint density at radius 1 is 1.14 bits per heavy atom. The van der Waals surface area contributed by atoms with Gasteiger partial charge in [0.15, 0.2) is 11.5 Å². The number of anilines is 1. The highest BCUT2D eigenvalue weighted by Gasteiger charge is 2.15. The summed E-state index contributed by atoms with van der Waals surface area (Å²) in [7, 11) is 5.21. The van der Waals surface area contributed by atoms with Gasteiger partial charge in [0.1, 0.15) is 5.82 Å². The molecule has 114 valence electrons. The van der Waals surface area contributed by atoms with Gasteiger partial charge in [0.05, 0.1) is 19.7 Å². The molecule has 21 heavy (non-hydrogen) atoms. The van der Waals surface area contributed by atoms with Crippen LogP contribution in [0.5, 0.6) is 11.5 Å². The Kier molecular flexibility index (Phi) is 5.07. The molecule has 0 fully saturated rings. The van der Waals surface area contributed by atoms with Gasteiger partial charge in [0.2, 0.25) is 5.28 Å². The van der Waals surface area contributed by atoms with Gasteiger partial charge in [-0.3, -0.25) is 0 Å². The summed E-state index contributed by atoms with van der Waals surface area (Å²) in [5.41, 5.74) is 0.742. The number of ether oxygens (including phenoxy) is 2. The summed E-state index contributed by atoms with van der Waals surface area (Å²) in [5, 5.41) is 1.13.